The number of nitrogens with zero attached hydrogens (tertiary/aromatic N) is 3. The van der Waals surface area contributed by atoms with Crippen LogP contribution >= 0.6 is 0 Å². The Labute approximate surface area is 143 Å². The second-order valence-electron chi connectivity index (χ2n) is 4.64. The number of hydrogen-bond acceptors (Lipinski definition) is 8. The van der Waals surface area contributed by atoms with Crippen molar-refractivity contribution in [2.24, 2.45) is 4.99 Å². The van der Waals surface area contributed by atoms with Crippen LogP contribution in [0.15, 0.2) is 40.2 Å². The highest BCUT2D eigenvalue weighted by molar-refractivity contribution is 7.90. The summed E-state index contributed by atoms with van der Waals surface area (Å²) in [5.41, 5.74) is 0.606. The van der Waals surface area contributed by atoms with E-state index in [0.29, 0.717) is 5.69 Å². The molecule has 0 unspecified atom stereocenters. The van der Waals surface area contributed by atoms with E-state index in [1.54, 1.807) is 13.0 Å². The Morgan fingerprint density at radius 1 is 1.28 bits per heavy atom. The Balaban J connectivity index is 2.17. The summed E-state index contributed by atoms with van der Waals surface area (Å²) in [6.45, 7) is 1.66. The first-order valence-corrected chi connectivity index (χ1v) is 8.24. The molecule has 130 valence electrons. The SMILES string of the molecule is COc1cc(C)nc(NC(=O)NS(=O)(=O)c2cccc(N=C=O)c2)n1. The molecule has 0 bridgehead atoms. The number of anilines is 1. The van der Waals surface area contributed by atoms with Crippen molar-refractivity contribution in [3.63, 3.8) is 0 Å². The maximum Gasteiger partial charge on any atom is 0.335 e. The second kappa shape index (κ2) is 7.51. The number of rotatable bonds is 5. The lowest BCUT2D eigenvalue weighted by atomic mass is 10.3. The minimum absolute atomic E-state index is 0.0880. The first kappa shape index (κ1) is 18.0. The summed E-state index contributed by atoms with van der Waals surface area (Å²) in [7, 11) is -2.79. The Morgan fingerprint density at radius 2 is 2.04 bits per heavy atom. The predicted molar refractivity (Wildman–Crippen MR) is 86.9 cm³/mol. The fraction of sp³-hybridized carbons (Fsp3) is 0.143. The molecule has 0 spiro atoms. The Morgan fingerprint density at radius 3 is 2.72 bits per heavy atom. The van der Waals surface area contributed by atoms with Gasteiger partial charge < -0.3 is 4.74 Å². The number of sulfonamides is 1. The van der Waals surface area contributed by atoms with Gasteiger partial charge >= 0.3 is 6.03 Å². The van der Waals surface area contributed by atoms with Crippen LogP contribution in [0.1, 0.15) is 5.69 Å². The molecule has 2 amide bonds. The first-order valence-electron chi connectivity index (χ1n) is 6.75. The number of benzene rings is 1. The number of aliphatic imine (C=N–C) groups is 1. The van der Waals surface area contributed by atoms with Gasteiger partial charge in [0.2, 0.25) is 17.9 Å². The zero-order chi connectivity index (χ0) is 18.4. The van der Waals surface area contributed by atoms with Crippen LogP contribution in [-0.4, -0.2) is 37.6 Å². The molecule has 1 aromatic heterocycles. The van der Waals surface area contributed by atoms with Crippen LogP contribution in [0.3, 0.4) is 0 Å². The molecule has 0 saturated carbocycles. The van der Waals surface area contributed by atoms with Crippen LogP contribution in [0, 0.1) is 6.92 Å². The molecule has 0 aliphatic rings. The highest BCUT2D eigenvalue weighted by atomic mass is 32.2. The van der Waals surface area contributed by atoms with Gasteiger partial charge in [-0.1, -0.05) is 6.07 Å². The van der Waals surface area contributed by atoms with E-state index in [4.69, 9.17) is 4.74 Å². The van der Waals surface area contributed by atoms with Crippen LogP contribution < -0.4 is 14.8 Å². The topological polar surface area (TPSA) is 140 Å². The van der Waals surface area contributed by atoms with E-state index in [2.05, 4.69) is 20.3 Å². The molecule has 11 heteroatoms. The highest BCUT2D eigenvalue weighted by Gasteiger charge is 2.19. The quantitative estimate of drug-likeness (QED) is 0.602. The fourth-order valence-corrected chi connectivity index (χ4v) is 2.73. The van der Waals surface area contributed by atoms with Crippen molar-refractivity contribution in [1.29, 1.82) is 0 Å². The van der Waals surface area contributed by atoms with Crippen molar-refractivity contribution in [2.45, 2.75) is 11.8 Å². The van der Waals surface area contributed by atoms with Crippen LogP contribution in [0.2, 0.25) is 0 Å². The van der Waals surface area contributed by atoms with Gasteiger partial charge in [0.1, 0.15) is 0 Å². The smallest absolute Gasteiger partial charge is 0.335 e. The third-order valence-electron chi connectivity index (χ3n) is 2.79. The van der Waals surface area contributed by atoms with Gasteiger partial charge in [-0.3, -0.25) is 5.32 Å². The molecule has 25 heavy (non-hydrogen) atoms. The summed E-state index contributed by atoms with van der Waals surface area (Å²) in [6.07, 6.45) is 1.30. The van der Waals surface area contributed by atoms with Crippen LogP contribution in [0.25, 0.3) is 0 Å². The van der Waals surface area contributed by atoms with Gasteiger partial charge in [-0.2, -0.15) is 9.98 Å². The molecule has 10 nitrogen and oxygen atoms in total. The number of urea groups is 1. The largest absolute Gasteiger partial charge is 0.481 e. The van der Waals surface area contributed by atoms with E-state index >= 15 is 0 Å². The van der Waals surface area contributed by atoms with Gasteiger partial charge in [-0.05, 0) is 25.1 Å². The third kappa shape index (κ3) is 4.83. The maximum atomic E-state index is 12.2. The number of carbonyl (C=O) groups is 1. The van der Waals surface area contributed by atoms with E-state index in [9.17, 15) is 18.0 Å². The molecule has 0 aliphatic carbocycles. The summed E-state index contributed by atoms with van der Waals surface area (Å²) in [4.78, 5) is 33.1. The average Bonchev–Trinajstić information content (AvgIpc) is 2.54. The number of hydrogen-bond donors (Lipinski definition) is 2. The zero-order valence-corrected chi connectivity index (χ0v) is 14.0. The van der Waals surface area contributed by atoms with Crippen LogP contribution in [0.5, 0.6) is 5.88 Å². The molecule has 0 atom stereocenters. The van der Waals surface area contributed by atoms with Crippen molar-refractivity contribution in [3.05, 3.63) is 36.0 Å². The number of aryl methyl sites for hydroxylation is 1. The third-order valence-corrected chi connectivity index (χ3v) is 4.12. The van der Waals surface area contributed by atoms with Gasteiger partial charge in [0.25, 0.3) is 10.0 Å². The van der Waals surface area contributed by atoms with E-state index in [1.165, 1.54) is 31.4 Å². The number of isocyanates is 1. The lowest BCUT2D eigenvalue weighted by Gasteiger charge is -2.09. The summed E-state index contributed by atoms with van der Waals surface area (Å²) in [5, 5.41) is 2.21. The van der Waals surface area contributed by atoms with E-state index in [0.717, 1.165) is 6.07 Å². The molecular weight excluding hydrogens is 350 g/mol. The Hall–Kier alpha value is -3.30. The van der Waals surface area contributed by atoms with Gasteiger partial charge in [0.05, 0.1) is 17.7 Å². The Kier molecular flexibility index (Phi) is 5.42. The Bertz CT molecular complexity index is 954. The molecule has 0 saturated heterocycles. The monoisotopic (exact) mass is 363 g/mol. The molecule has 2 aromatic rings. The molecule has 0 fully saturated rings. The second-order valence-corrected chi connectivity index (χ2v) is 6.32. The van der Waals surface area contributed by atoms with Crippen molar-refractivity contribution < 1.29 is 22.7 Å². The molecule has 1 aromatic carbocycles. The summed E-state index contributed by atoms with van der Waals surface area (Å²) in [6, 6.07) is 5.63. The molecule has 2 N–H and O–H groups in total. The number of aromatic nitrogens is 2. The molecule has 1 heterocycles. The molecule has 2 rings (SSSR count). The lowest BCUT2D eigenvalue weighted by Crippen LogP contribution is -2.34. The minimum Gasteiger partial charge on any atom is -0.481 e. The van der Waals surface area contributed by atoms with Gasteiger partial charge in [0, 0.05) is 11.8 Å². The predicted octanol–water partition coefficient (Wildman–Crippen LogP) is 1.27. The molecule has 0 radical (unpaired) electrons. The molecular formula is C14H13N5O5S. The van der Waals surface area contributed by atoms with E-state index in [-0.39, 0.29) is 22.4 Å². The number of ether oxygens (including phenoxy) is 1. The number of amides is 2. The van der Waals surface area contributed by atoms with Gasteiger partial charge in [0.15, 0.2) is 0 Å². The van der Waals surface area contributed by atoms with Crippen molar-refractivity contribution in [1.82, 2.24) is 14.7 Å². The number of carbonyl (C=O) groups excluding carboxylic acids is 2. The number of methoxy groups -OCH3 is 1. The van der Waals surface area contributed by atoms with E-state index < -0.39 is 16.1 Å². The number of nitrogens with one attached hydrogen (secondary N) is 2. The van der Waals surface area contributed by atoms with Gasteiger partial charge in [-0.15, -0.1) is 0 Å². The zero-order valence-electron chi connectivity index (χ0n) is 13.2. The van der Waals surface area contributed by atoms with Crippen molar-refractivity contribution in [3.8, 4) is 5.88 Å². The summed E-state index contributed by atoms with van der Waals surface area (Å²) >= 11 is 0. The lowest BCUT2D eigenvalue weighted by molar-refractivity contribution is 0.256. The summed E-state index contributed by atoms with van der Waals surface area (Å²) < 4.78 is 31.2. The van der Waals surface area contributed by atoms with Crippen molar-refractivity contribution in [2.75, 3.05) is 12.4 Å². The maximum absolute atomic E-state index is 12.2. The fourth-order valence-electron chi connectivity index (χ4n) is 1.78. The van der Waals surface area contributed by atoms with E-state index in [1.807, 2.05) is 4.72 Å². The average molecular weight is 363 g/mol. The highest BCUT2D eigenvalue weighted by Crippen LogP contribution is 2.17. The normalized spacial score (nSPS) is 10.5. The van der Waals surface area contributed by atoms with Gasteiger partial charge in [-0.25, -0.2) is 27.7 Å². The van der Waals surface area contributed by atoms with Crippen molar-refractivity contribution >= 4 is 33.8 Å². The van der Waals surface area contributed by atoms with Crippen LogP contribution in [0.4, 0.5) is 16.4 Å². The first-order chi connectivity index (χ1) is 11.8. The standard InChI is InChI=1S/C14H13N5O5S/c1-9-6-12(24-2)17-13(16-9)18-14(21)19-25(22,23)11-5-3-4-10(7-11)15-8-20/h3-7H,1-2H3,(H2,16,17,18,19,21). The van der Waals surface area contributed by atoms with Crippen LogP contribution in [-0.2, 0) is 14.8 Å². The molecule has 0 aliphatic heterocycles. The summed E-state index contributed by atoms with van der Waals surface area (Å²) in [5.74, 6) is 0.0916. The minimum atomic E-state index is -4.18.